The van der Waals surface area contributed by atoms with Crippen LogP contribution in [-0.4, -0.2) is 36.4 Å². The van der Waals surface area contributed by atoms with E-state index >= 15 is 0 Å². The molecule has 2 aliphatic rings. The van der Waals surface area contributed by atoms with Crippen LogP contribution in [0.2, 0.25) is 5.02 Å². The van der Waals surface area contributed by atoms with Gasteiger partial charge in [-0.15, -0.1) is 11.8 Å². The lowest BCUT2D eigenvalue weighted by atomic mass is 10.1. The average molecular weight is 426 g/mol. The first-order chi connectivity index (χ1) is 14.2. The Bertz CT molecular complexity index is 876. The predicted molar refractivity (Wildman–Crippen MR) is 121 cm³/mol. The minimum absolute atomic E-state index is 0.605. The zero-order valence-corrected chi connectivity index (χ0v) is 18.2. The molecule has 0 spiro atoms. The summed E-state index contributed by atoms with van der Waals surface area (Å²) in [6.45, 7) is 2.26. The highest BCUT2D eigenvalue weighted by atomic mass is 35.5. The molecule has 6 heteroatoms. The summed E-state index contributed by atoms with van der Waals surface area (Å²) < 4.78 is 5.14. The van der Waals surface area contributed by atoms with Crippen molar-refractivity contribution in [3.05, 3.63) is 65.9 Å². The van der Waals surface area contributed by atoms with Crippen molar-refractivity contribution >= 4 is 29.3 Å². The van der Waals surface area contributed by atoms with E-state index in [-0.39, 0.29) is 0 Å². The minimum Gasteiger partial charge on any atom is -0.497 e. The van der Waals surface area contributed by atoms with Crippen molar-refractivity contribution in [2.24, 2.45) is 11.8 Å². The summed E-state index contributed by atoms with van der Waals surface area (Å²) in [6.07, 6.45) is 6.81. The number of hydrogen-bond donors (Lipinski definition) is 0. The lowest BCUT2D eigenvalue weighted by molar-refractivity contribution is 0.415. The fourth-order valence-electron chi connectivity index (χ4n) is 3.60. The number of nitrogens with zero attached hydrogens (tertiary/aromatic N) is 3. The quantitative estimate of drug-likeness (QED) is 0.503. The van der Waals surface area contributed by atoms with Crippen LogP contribution >= 0.6 is 23.4 Å². The molecular weight excluding hydrogens is 402 g/mol. The molecule has 3 aromatic rings. The number of ether oxygens (including phenoxy) is 1. The number of hydrogen-bond acceptors (Lipinski definition) is 5. The Morgan fingerprint density at radius 2 is 1.48 bits per heavy atom. The number of rotatable bonds is 4. The van der Waals surface area contributed by atoms with Crippen LogP contribution in [0.1, 0.15) is 6.42 Å². The molecule has 0 radical (unpaired) electrons. The lowest BCUT2D eigenvalue weighted by Crippen LogP contribution is -2.23. The molecule has 1 saturated heterocycles. The second kappa shape index (κ2) is 9.06. The van der Waals surface area contributed by atoms with Crippen molar-refractivity contribution < 1.29 is 4.74 Å². The Morgan fingerprint density at radius 1 is 0.931 bits per heavy atom. The molecule has 2 heterocycles. The Labute approximate surface area is 181 Å². The van der Waals surface area contributed by atoms with E-state index in [1.54, 1.807) is 31.3 Å². The summed E-state index contributed by atoms with van der Waals surface area (Å²) in [5, 5.41) is 0.605. The molecule has 2 atom stereocenters. The van der Waals surface area contributed by atoms with E-state index in [1.807, 2.05) is 12.1 Å². The number of piperidine rings is 1. The fraction of sp³-hybridized carbons (Fsp3) is 0.304. The molecular formula is C23H24ClN3OS. The van der Waals surface area contributed by atoms with Gasteiger partial charge in [0.1, 0.15) is 5.75 Å². The lowest BCUT2D eigenvalue weighted by Gasteiger charge is -2.16. The Kier molecular flexibility index (Phi) is 6.26. The molecule has 1 saturated carbocycles. The molecule has 2 fully saturated rings. The third kappa shape index (κ3) is 5.03. The van der Waals surface area contributed by atoms with Gasteiger partial charge >= 0.3 is 0 Å². The van der Waals surface area contributed by atoms with E-state index in [2.05, 4.69) is 57.5 Å². The molecule has 2 aromatic carbocycles. The average Bonchev–Trinajstić information content (AvgIpc) is 3.40. The Morgan fingerprint density at radius 3 is 2.00 bits per heavy atom. The van der Waals surface area contributed by atoms with Crippen LogP contribution in [-0.2, 0) is 0 Å². The monoisotopic (exact) mass is 425 g/mol. The third-order valence-corrected chi connectivity index (χ3v) is 6.32. The van der Waals surface area contributed by atoms with Crippen molar-refractivity contribution in [2.45, 2.75) is 11.3 Å². The highest BCUT2D eigenvalue weighted by Crippen LogP contribution is 2.45. The summed E-state index contributed by atoms with van der Waals surface area (Å²) in [4.78, 5) is 11.9. The molecule has 1 aliphatic heterocycles. The van der Waals surface area contributed by atoms with Gasteiger partial charge in [-0.3, -0.25) is 0 Å². The summed E-state index contributed by atoms with van der Waals surface area (Å²) in [7, 11) is 1.68. The minimum atomic E-state index is 0.605. The molecule has 1 aromatic heterocycles. The molecule has 0 amide bonds. The number of anilines is 1. The molecule has 1 aliphatic carbocycles. The van der Waals surface area contributed by atoms with Crippen LogP contribution in [0.15, 0.2) is 65.8 Å². The third-order valence-electron chi connectivity index (χ3n) is 5.38. The van der Waals surface area contributed by atoms with Crippen LogP contribution in [0.25, 0.3) is 11.1 Å². The number of aromatic nitrogens is 2. The largest absolute Gasteiger partial charge is 0.497 e. The van der Waals surface area contributed by atoms with Gasteiger partial charge in [-0.2, -0.15) is 0 Å². The molecule has 29 heavy (non-hydrogen) atoms. The molecule has 0 bridgehead atoms. The summed E-state index contributed by atoms with van der Waals surface area (Å²) >= 11 is 7.47. The van der Waals surface area contributed by atoms with E-state index in [9.17, 15) is 0 Å². The topological polar surface area (TPSA) is 38.2 Å². The van der Waals surface area contributed by atoms with Crippen LogP contribution in [0, 0.1) is 11.8 Å². The molecule has 4 nitrogen and oxygen atoms in total. The predicted octanol–water partition coefficient (Wildman–Crippen LogP) is 5.67. The molecule has 0 N–H and O–H groups in total. The van der Waals surface area contributed by atoms with E-state index in [0.29, 0.717) is 5.02 Å². The summed E-state index contributed by atoms with van der Waals surface area (Å²) in [5.41, 5.74) is 2.45. The second-order valence-corrected chi connectivity index (χ2v) is 8.64. The van der Waals surface area contributed by atoms with Gasteiger partial charge in [0.05, 0.1) is 24.5 Å². The van der Waals surface area contributed by atoms with E-state index in [0.717, 1.165) is 36.6 Å². The maximum absolute atomic E-state index is 5.71. The molecule has 5 rings (SSSR count). The van der Waals surface area contributed by atoms with Crippen LogP contribution < -0.4 is 9.64 Å². The normalized spacial score (nSPS) is 19.2. The first-order valence-electron chi connectivity index (χ1n) is 9.67. The van der Waals surface area contributed by atoms with Crippen molar-refractivity contribution in [2.75, 3.05) is 31.4 Å². The van der Waals surface area contributed by atoms with Crippen LogP contribution in [0.3, 0.4) is 0 Å². The highest BCUT2D eigenvalue weighted by Gasteiger charge is 2.45. The summed E-state index contributed by atoms with van der Waals surface area (Å²) in [6, 6.07) is 16.7. The van der Waals surface area contributed by atoms with Crippen molar-refractivity contribution in [1.29, 1.82) is 0 Å². The molecule has 2 unspecified atom stereocenters. The van der Waals surface area contributed by atoms with Gasteiger partial charge in [-0.25, -0.2) is 9.97 Å². The number of thioether (sulfide) groups is 1. The number of methoxy groups -OCH3 is 1. The Balaban J connectivity index is 0.000000144. The van der Waals surface area contributed by atoms with Gasteiger partial charge in [-0.1, -0.05) is 35.9 Å². The second-order valence-electron chi connectivity index (χ2n) is 7.32. The van der Waals surface area contributed by atoms with E-state index < -0.39 is 0 Å². The Hall–Kier alpha value is -2.24. The highest BCUT2D eigenvalue weighted by molar-refractivity contribution is 7.98. The van der Waals surface area contributed by atoms with Crippen molar-refractivity contribution in [1.82, 2.24) is 9.97 Å². The zero-order valence-electron chi connectivity index (χ0n) is 16.6. The van der Waals surface area contributed by atoms with Gasteiger partial charge in [0.25, 0.3) is 0 Å². The maximum Gasteiger partial charge on any atom is 0.225 e. The number of fused-ring (bicyclic) bond motifs is 1. The van der Waals surface area contributed by atoms with Gasteiger partial charge in [0, 0.05) is 18.0 Å². The maximum atomic E-state index is 5.71. The fourth-order valence-corrected chi connectivity index (χ4v) is 4.10. The van der Waals surface area contributed by atoms with E-state index in [4.69, 9.17) is 16.3 Å². The SMILES string of the molecule is COc1ccc(-c2ccc(SC)cc2)cc1.Clc1cnc(N2CC3CC3C2)nc1. The standard InChI is InChI=1S/C14H14OS.C9H10ClN3/c1-15-13-7-3-11(4-8-13)12-5-9-14(16-2)10-6-12;10-8-2-11-9(12-3-8)13-4-6-1-7(6)5-13/h3-10H,1-2H3;2-3,6-7H,1,4-5H2. The number of halogens is 1. The van der Waals surface area contributed by atoms with Gasteiger partial charge < -0.3 is 9.64 Å². The van der Waals surface area contributed by atoms with Crippen LogP contribution in [0.4, 0.5) is 5.95 Å². The first kappa shape index (κ1) is 20.0. The smallest absolute Gasteiger partial charge is 0.225 e. The zero-order chi connectivity index (χ0) is 20.2. The number of benzene rings is 2. The van der Waals surface area contributed by atoms with Crippen LogP contribution in [0.5, 0.6) is 5.75 Å². The van der Waals surface area contributed by atoms with Crippen molar-refractivity contribution in [3.63, 3.8) is 0 Å². The summed E-state index contributed by atoms with van der Waals surface area (Å²) in [5.74, 6) is 3.56. The van der Waals surface area contributed by atoms with E-state index in [1.165, 1.54) is 22.4 Å². The van der Waals surface area contributed by atoms with Gasteiger partial charge in [-0.05, 0) is 59.9 Å². The van der Waals surface area contributed by atoms with Gasteiger partial charge in [0.2, 0.25) is 5.95 Å². The van der Waals surface area contributed by atoms with Gasteiger partial charge in [0.15, 0.2) is 0 Å². The first-order valence-corrected chi connectivity index (χ1v) is 11.3. The van der Waals surface area contributed by atoms with Crippen molar-refractivity contribution in [3.8, 4) is 16.9 Å². The molecule has 150 valence electrons.